The van der Waals surface area contributed by atoms with Crippen LogP contribution < -0.4 is 5.32 Å². The summed E-state index contributed by atoms with van der Waals surface area (Å²) in [6.45, 7) is 9.07. The van der Waals surface area contributed by atoms with Crippen LogP contribution in [0.5, 0.6) is 0 Å². The minimum atomic E-state index is -3.56. The molecule has 3 rings (SSSR count). The molecule has 1 aromatic heterocycles. The molecule has 1 atom stereocenters. The Morgan fingerprint density at radius 2 is 1.67 bits per heavy atom. The maximum Gasteiger partial charge on any atom is 0.243 e. The Kier molecular flexibility index (Phi) is 7.12. The fourth-order valence-electron chi connectivity index (χ4n) is 2.90. The molecule has 0 unspecified atom stereocenters. The summed E-state index contributed by atoms with van der Waals surface area (Å²) >= 11 is 1.29. The maximum absolute atomic E-state index is 12.7. The number of carbonyl (C=O) groups excluding carboxylic acids is 1. The van der Waals surface area contributed by atoms with Gasteiger partial charge in [0.1, 0.15) is 0 Å². The fraction of sp³-hybridized carbons (Fsp3) is 0.450. The van der Waals surface area contributed by atoms with E-state index in [1.54, 1.807) is 19.1 Å². The average molecular weight is 451 g/mol. The number of ether oxygens (including phenoxy) is 1. The third-order valence-corrected chi connectivity index (χ3v) is 7.87. The lowest BCUT2D eigenvalue weighted by atomic mass is 10.2. The topological polar surface area (TPSA) is 101 Å². The van der Waals surface area contributed by atoms with Gasteiger partial charge in [-0.05, 0) is 57.5 Å². The van der Waals surface area contributed by atoms with Gasteiger partial charge in [-0.15, -0.1) is 0 Å². The average Bonchev–Trinajstić information content (AvgIpc) is 2.73. The molecule has 8 nitrogen and oxygen atoms in total. The number of sulfonamides is 1. The summed E-state index contributed by atoms with van der Waals surface area (Å²) in [5.74, 6) is -0.205. The minimum absolute atomic E-state index is 0.198. The van der Waals surface area contributed by atoms with Crippen molar-refractivity contribution in [1.29, 1.82) is 0 Å². The third-order valence-electron chi connectivity index (χ3n) is 4.99. The highest BCUT2D eigenvalue weighted by Gasteiger charge is 2.26. The number of nitrogens with one attached hydrogen (secondary N) is 1. The van der Waals surface area contributed by atoms with E-state index < -0.39 is 15.3 Å². The summed E-state index contributed by atoms with van der Waals surface area (Å²) in [5.41, 5.74) is 3.37. The zero-order chi connectivity index (χ0) is 21.9. The second kappa shape index (κ2) is 9.42. The van der Waals surface area contributed by atoms with Crippen LogP contribution in [-0.2, 0) is 19.6 Å². The van der Waals surface area contributed by atoms with E-state index >= 15 is 0 Å². The van der Waals surface area contributed by atoms with Crippen LogP contribution in [0.15, 0.2) is 34.3 Å². The van der Waals surface area contributed by atoms with Gasteiger partial charge in [0.25, 0.3) is 0 Å². The number of amides is 1. The summed E-state index contributed by atoms with van der Waals surface area (Å²) in [7, 11) is -3.56. The van der Waals surface area contributed by atoms with Crippen LogP contribution in [-0.4, -0.2) is 60.2 Å². The Morgan fingerprint density at radius 3 is 2.23 bits per heavy atom. The van der Waals surface area contributed by atoms with Gasteiger partial charge in [-0.25, -0.2) is 18.4 Å². The van der Waals surface area contributed by atoms with Gasteiger partial charge in [0.2, 0.25) is 15.9 Å². The van der Waals surface area contributed by atoms with Crippen molar-refractivity contribution in [3.63, 3.8) is 0 Å². The van der Waals surface area contributed by atoms with Gasteiger partial charge in [0, 0.05) is 30.2 Å². The van der Waals surface area contributed by atoms with Crippen LogP contribution in [0.4, 0.5) is 5.69 Å². The first kappa shape index (κ1) is 22.7. The van der Waals surface area contributed by atoms with E-state index in [0.29, 0.717) is 37.1 Å². The fourth-order valence-corrected chi connectivity index (χ4v) is 5.17. The molecular formula is C20H26N4O4S2. The van der Waals surface area contributed by atoms with E-state index in [9.17, 15) is 13.2 Å². The number of morpholine rings is 1. The Bertz CT molecular complexity index is 997. The summed E-state index contributed by atoms with van der Waals surface area (Å²) in [6, 6.07) is 6.21. The number of aryl methyl sites for hydroxylation is 2. The molecule has 30 heavy (non-hydrogen) atoms. The normalized spacial score (nSPS) is 16.3. The molecule has 0 aliphatic carbocycles. The Labute approximate surface area is 181 Å². The molecule has 162 valence electrons. The number of hydrogen-bond acceptors (Lipinski definition) is 7. The zero-order valence-electron chi connectivity index (χ0n) is 17.5. The van der Waals surface area contributed by atoms with Crippen molar-refractivity contribution in [3.05, 3.63) is 41.2 Å². The van der Waals surface area contributed by atoms with Crippen LogP contribution in [0.2, 0.25) is 0 Å². The number of nitrogens with zero attached hydrogens (tertiary/aromatic N) is 3. The number of aromatic nitrogens is 2. The molecule has 1 aromatic carbocycles. The molecule has 1 amide bonds. The van der Waals surface area contributed by atoms with Gasteiger partial charge in [-0.3, -0.25) is 4.79 Å². The van der Waals surface area contributed by atoms with E-state index in [-0.39, 0.29) is 10.8 Å². The minimum Gasteiger partial charge on any atom is -0.379 e. The summed E-state index contributed by atoms with van der Waals surface area (Å²) in [4.78, 5) is 21.6. The Balaban J connectivity index is 1.64. The molecule has 1 saturated heterocycles. The summed E-state index contributed by atoms with van der Waals surface area (Å²) < 4.78 is 32.0. The van der Waals surface area contributed by atoms with Crippen molar-refractivity contribution >= 4 is 33.4 Å². The second-order valence-corrected chi connectivity index (χ2v) is 10.3. The molecule has 1 aliphatic heterocycles. The summed E-state index contributed by atoms with van der Waals surface area (Å²) in [5, 5.41) is 2.96. The van der Waals surface area contributed by atoms with E-state index in [4.69, 9.17) is 4.74 Å². The Hall–Kier alpha value is -2.01. The largest absolute Gasteiger partial charge is 0.379 e. The number of rotatable bonds is 6. The molecule has 1 N–H and O–H groups in total. The molecule has 1 fully saturated rings. The van der Waals surface area contributed by atoms with Gasteiger partial charge >= 0.3 is 0 Å². The number of carbonyl (C=O) groups is 1. The summed E-state index contributed by atoms with van der Waals surface area (Å²) in [6.07, 6.45) is 0. The van der Waals surface area contributed by atoms with Gasteiger partial charge in [0.15, 0.2) is 5.16 Å². The van der Waals surface area contributed by atoms with Gasteiger partial charge < -0.3 is 10.1 Å². The molecule has 0 saturated carbocycles. The highest BCUT2D eigenvalue weighted by atomic mass is 32.2. The van der Waals surface area contributed by atoms with E-state index in [1.165, 1.54) is 28.2 Å². The van der Waals surface area contributed by atoms with Crippen LogP contribution in [0.3, 0.4) is 0 Å². The second-order valence-electron chi connectivity index (χ2n) is 7.09. The van der Waals surface area contributed by atoms with E-state index in [2.05, 4.69) is 15.3 Å². The molecule has 0 radical (unpaired) electrons. The number of benzene rings is 1. The molecule has 0 spiro atoms. The van der Waals surface area contributed by atoms with Crippen molar-refractivity contribution in [2.24, 2.45) is 0 Å². The van der Waals surface area contributed by atoms with Gasteiger partial charge in [-0.2, -0.15) is 4.31 Å². The molecule has 1 aliphatic rings. The third kappa shape index (κ3) is 5.18. The molecule has 2 heterocycles. The van der Waals surface area contributed by atoms with Crippen molar-refractivity contribution in [3.8, 4) is 0 Å². The lowest BCUT2D eigenvalue weighted by molar-refractivity contribution is -0.115. The highest BCUT2D eigenvalue weighted by molar-refractivity contribution is 8.00. The van der Waals surface area contributed by atoms with Crippen LogP contribution in [0.1, 0.15) is 23.9 Å². The first-order valence-electron chi connectivity index (χ1n) is 9.66. The van der Waals surface area contributed by atoms with Crippen LogP contribution in [0, 0.1) is 20.8 Å². The van der Waals surface area contributed by atoms with Gasteiger partial charge in [-0.1, -0.05) is 11.8 Å². The quantitative estimate of drug-likeness (QED) is 0.533. The smallest absolute Gasteiger partial charge is 0.243 e. The standard InChI is InChI=1S/C20H26N4O4S2/c1-13-14(2)21-20(22-15(13)3)29-16(4)19(25)23-17-5-7-18(8-6-17)30(26,27)24-9-11-28-12-10-24/h5-8,16H,9-12H2,1-4H3,(H,23,25)/t16-/m0/s1. The molecular weight excluding hydrogens is 424 g/mol. The monoisotopic (exact) mass is 450 g/mol. The first-order valence-corrected chi connectivity index (χ1v) is 12.0. The lowest BCUT2D eigenvalue weighted by Gasteiger charge is -2.26. The number of hydrogen-bond donors (Lipinski definition) is 1. The van der Waals surface area contributed by atoms with E-state index in [1.807, 2.05) is 20.8 Å². The van der Waals surface area contributed by atoms with Crippen molar-refractivity contribution in [1.82, 2.24) is 14.3 Å². The zero-order valence-corrected chi connectivity index (χ0v) is 19.1. The first-order chi connectivity index (χ1) is 14.2. The SMILES string of the molecule is Cc1nc(S[C@@H](C)C(=O)Nc2ccc(S(=O)(=O)N3CCOCC3)cc2)nc(C)c1C. The maximum atomic E-state index is 12.7. The van der Waals surface area contributed by atoms with Crippen molar-refractivity contribution < 1.29 is 17.9 Å². The molecule has 2 aromatic rings. The number of anilines is 1. The van der Waals surface area contributed by atoms with Crippen molar-refractivity contribution in [2.45, 2.75) is 43.0 Å². The predicted molar refractivity (Wildman–Crippen MR) is 116 cm³/mol. The highest BCUT2D eigenvalue weighted by Crippen LogP contribution is 2.24. The van der Waals surface area contributed by atoms with E-state index in [0.717, 1.165) is 17.0 Å². The number of thioether (sulfide) groups is 1. The predicted octanol–water partition coefficient (Wildman–Crippen LogP) is 2.54. The van der Waals surface area contributed by atoms with Gasteiger partial charge in [0.05, 0.1) is 23.4 Å². The molecule has 10 heteroatoms. The lowest BCUT2D eigenvalue weighted by Crippen LogP contribution is -2.40. The van der Waals surface area contributed by atoms with Crippen LogP contribution >= 0.6 is 11.8 Å². The van der Waals surface area contributed by atoms with Crippen LogP contribution in [0.25, 0.3) is 0 Å². The Morgan fingerprint density at radius 1 is 1.10 bits per heavy atom. The molecule has 0 bridgehead atoms. The van der Waals surface area contributed by atoms with Crippen molar-refractivity contribution in [2.75, 3.05) is 31.6 Å².